The normalized spacial score (nSPS) is 20.6. The van der Waals surface area contributed by atoms with Crippen LogP contribution < -0.4 is 5.32 Å². The van der Waals surface area contributed by atoms with Gasteiger partial charge in [-0.3, -0.25) is 4.90 Å². The molecule has 1 aliphatic heterocycles. The number of aryl methyl sites for hydroxylation is 1. The maximum atomic E-state index is 4.46. The molecular weight excluding hydrogens is 254 g/mol. The molecule has 0 saturated carbocycles. The van der Waals surface area contributed by atoms with Crippen molar-refractivity contribution in [2.75, 3.05) is 19.6 Å². The number of hydrogen-bond donors (Lipinski definition) is 1. The highest BCUT2D eigenvalue weighted by Crippen LogP contribution is 2.20. The van der Waals surface area contributed by atoms with Gasteiger partial charge < -0.3 is 5.32 Å². The van der Waals surface area contributed by atoms with Crippen molar-refractivity contribution in [3.05, 3.63) is 52.0 Å². The molecule has 1 unspecified atom stereocenters. The number of aromatic nitrogens is 1. The lowest BCUT2D eigenvalue weighted by Crippen LogP contribution is -2.45. The van der Waals surface area contributed by atoms with Crippen LogP contribution in [0.1, 0.15) is 21.5 Å². The Hall–Kier alpha value is -1.23. The van der Waals surface area contributed by atoms with E-state index in [0.717, 1.165) is 26.2 Å². The van der Waals surface area contributed by atoms with Crippen molar-refractivity contribution in [3.8, 4) is 0 Å². The molecule has 0 radical (unpaired) electrons. The van der Waals surface area contributed by atoms with Gasteiger partial charge in [0.25, 0.3) is 0 Å². The first-order valence-electron chi connectivity index (χ1n) is 6.73. The highest BCUT2D eigenvalue weighted by Gasteiger charge is 2.21. The standard InChI is InChI=1S/C15H19N3S/c1-12-9-17-15(19-12)11-18-8-7-16-14(10-18)13-5-3-2-4-6-13/h2-6,9,14,16H,7-8,10-11H2,1H3. The molecule has 1 aromatic heterocycles. The summed E-state index contributed by atoms with van der Waals surface area (Å²) >= 11 is 1.81. The van der Waals surface area contributed by atoms with Crippen LogP contribution in [0.25, 0.3) is 0 Å². The molecular formula is C15H19N3S. The lowest BCUT2D eigenvalue weighted by molar-refractivity contribution is 0.193. The first-order chi connectivity index (χ1) is 9.31. The number of nitrogens with zero attached hydrogens (tertiary/aromatic N) is 2. The van der Waals surface area contributed by atoms with Gasteiger partial charge in [-0.1, -0.05) is 30.3 Å². The largest absolute Gasteiger partial charge is 0.308 e. The third-order valence-corrected chi connectivity index (χ3v) is 4.39. The van der Waals surface area contributed by atoms with E-state index < -0.39 is 0 Å². The molecule has 0 amide bonds. The molecule has 19 heavy (non-hydrogen) atoms. The summed E-state index contributed by atoms with van der Waals surface area (Å²) in [6.07, 6.45) is 1.97. The van der Waals surface area contributed by atoms with Crippen molar-refractivity contribution in [2.45, 2.75) is 19.5 Å². The third-order valence-electron chi connectivity index (χ3n) is 3.49. The lowest BCUT2D eigenvalue weighted by Gasteiger charge is -2.33. The minimum absolute atomic E-state index is 0.441. The van der Waals surface area contributed by atoms with Crippen molar-refractivity contribution in [3.63, 3.8) is 0 Å². The number of hydrogen-bond acceptors (Lipinski definition) is 4. The van der Waals surface area contributed by atoms with Crippen LogP contribution in [0.3, 0.4) is 0 Å². The fourth-order valence-corrected chi connectivity index (χ4v) is 3.36. The van der Waals surface area contributed by atoms with E-state index in [9.17, 15) is 0 Å². The van der Waals surface area contributed by atoms with E-state index in [4.69, 9.17) is 0 Å². The quantitative estimate of drug-likeness (QED) is 0.931. The van der Waals surface area contributed by atoms with Crippen molar-refractivity contribution in [1.82, 2.24) is 15.2 Å². The molecule has 100 valence electrons. The maximum absolute atomic E-state index is 4.46. The van der Waals surface area contributed by atoms with E-state index in [2.05, 4.69) is 52.5 Å². The topological polar surface area (TPSA) is 28.2 Å². The Kier molecular flexibility index (Phi) is 3.92. The van der Waals surface area contributed by atoms with Gasteiger partial charge in [-0.25, -0.2) is 4.98 Å². The second-order valence-corrected chi connectivity index (χ2v) is 6.34. The van der Waals surface area contributed by atoms with Crippen LogP contribution in [0.4, 0.5) is 0 Å². The Balaban J connectivity index is 1.65. The minimum atomic E-state index is 0.441. The van der Waals surface area contributed by atoms with Crippen LogP contribution in [-0.2, 0) is 6.54 Å². The summed E-state index contributed by atoms with van der Waals surface area (Å²) in [6, 6.07) is 11.1. The second-order valence-electron chi connectivity index (χ2n) is 5.02. The SMILES string of the molecule is Cc1cnc(CN2CCNC(c3ccccc3)C2)s1. The van der Waals surface area contributed by atoms with Crippen LogP contribution in [0, 0.1) is 6.92 Å². The summed E-state index contributed by atoms with van der Waals surface area (Å²) in [7, 11) is 0. The average Bonchev–Trinajstić information content (AvgIpc) is 2.85. The number of nitrogens with one attached hydrogen (secondary N) is 1. The Morgan fingerprint density at radius 2 is 2.21 bits per heavy atom. The highest BCUT2D eigenvalue weighted by atomic mass is 32.1. The van der Waals surface area contributed by atoms with Gasteiger partial charge >= 0.3 is 0 Å². The number of benzene rings is 1. The van der Waals surface area contributed by atoms with Crippen LogP contribution in [-0.4, -0.2) is 29.5 Å². The first-order valence-corrected chi connectivity index (χ1v) is 7.55. The molecule has 2 aromatic rings. The van der Waals surface area contributed by atoms with Crippen LogP contribution >= 0.6 is 11.3 Å². The fourth-order valence-electron chi connectivity index (χ4n) is 2.53. The summed E-state index contributed by atoms with van der Waals surface area (Å²) in [6.45, 7) is 6.30. The van der Waals surface area contributed by atoms with Gasteiger partial charge in [0.05, 0.1) is 6.54 Å². The molecule has 1 saturated heterocycles. The second kappa shape index (κ2) is 5.82. The Labute approximate surface area is 118 Å². The summed E-state index contributed by atoms with van der Waals surface area (Å²) in [4.78, 5) is 8.25. The smallest absolute Gasteiger partial charge is 0.107 e. The van der Waals surface area contributed by atoms with Gasteiger partial charge in [0.15, 0.2) is 0 Å². The van der Waals surface area contributed by atoms with E-state index in [1.807, 2.05) is 6.20 Å². The summed E-state index contributed by atoms with van der Waals surface area (Å²) in [5.41, 5.74) is 1.38. The van der Waals surface area contributed by atoms with Gasteiger partial charge in [0.1, 0.15) is 5.01 Å². The molecule has 1 aromatic carbocycles. The molecule has 1 N–H and O–H groups in total. The lowest BCUT2D eigenvalue weighted by atomic mass is 10.0. The van der Waals surface area contributed by atoms with Crippen molar-refractivity contribution in [1.29, 1.82) is 0 Å². The van der Waals surface area contributed by atoms with E-state index in [-0.39, 0.29) is 0 Å². The van der Waals surface area contributed by atoms with Gasteiger partial charge in [-0.2, -0.15) is 0 Å². The zero-order valence-corrected chi connectivity index (χ0v) is 12.0. The van der Waals surface area contributed by atoms with Crippen molar-refractivity contribution >= 4 is 11.3 Å². The number of thiazole rings is 1. The zero-order valence-electron chi connectivity index (χ0n) is 11.2. The van der Waals surface area contributed by atoms with E-state index in [0.29, 0.717) is 6.04 Å². The summed E-state index contributed by atoms with van der Waals surface area (Å²) < 4.78 is 0. The van der Waals surface area contributed by atoms with Gasteiger partial charge in [-0.15, -0.1) is 11.3 Å². The van der Waals surface area contributed by atoms with Crippen LogP contribution in [0.15, 0.2) is 36.5 Å². The predicted molar refractivity (Wildman–Crippen MR) is 79.3 cm³/mol. The van der Waals surface area contributed by atoms with Crippen LogP contribution in [0.5, 0.6) is 0 Å². The highest BCUT2D eigenvalue weighted by molar-refractivity contribution is 7.11. The zero-order chi connectivity index (χ0) is 13.1. The monoisotopic (exact) mass is 273 g/mol. The maximum Gasteiger partial charge on any atom is 0.107 e. The van der Waals surface area contributed by atoms with E-state index in [1.165, 1.54) is 15.4 Å². The summed E-state index contributed by atoms with van der Waals surface area (Å²) in [5.74, 6) is 0. The number of piperazine rings is 1. The van der Waals surface area contributed by atoms with Crippen LogP contribution in [0.2, 0.25) is 0 Å². The Morgan fingerprint density at radius 1 is 1.37 bits per heavy atom. The molecule has 0 bridgehead atoms. The average molecular weight is 273 g/mol. The van der Waals surface area contributed by atoms with Gasteiger partial charge in [0, 0.05) is 36.8 Å². The van der Waals surface area contributed by atoms with Crippen molar-refractivity contribution < 1.29 is 0 Å². The van der Waals surface area contributed by atoms with Crippen molar-refractivity contribution in [2.24, 2.45) is 0 Å². The predicted octanol–water partition coefficient (Wildman–Crippen LogP) is 2.60. The first kappa shape index (κ1) is 12.8. The Bertz CT molecular complexity index is 523. The molecule has 3 rings (SSSR count). The van der Waals surface area contributed by atoms with Gasteiger partial charge in [-0.05, 0) is 12.5 Å². The van der Waals surface area contributed by atoms with E-state index in [1.54, 1.807) is 11.3 Å². The molecule has 1 aliphatic rings. The summed E-state index contributed by atoms with van der Waals surface area (Å²) in [5, 5.41) is 4.83. The molecule has 2 heterocycles. The molecule has 0 spiro atoms. The molecule has 3 nitrogen and oxygen atoms in total. The third kappa shape index (κ3) is 3.21. The van der Waals surface area contributed by atoms with Gasteiger partial charge in [0.2, 0.25) is 0 Å². The molecule has 1 fully saturated rings. The fraction of sp³-hybridized carbons (Fsp3) is 0.400. The minimum Gasteiger partial charge on any atom is -0.308 e. The Morgan fingerprint density at radius 3 is 2.95 bits per heavy atom. The molecule has 4 heteroatoms. The number of rotatable bonds is 3. The molecule has 1 atom stereocenters. The molecule has 0 aliphatic carbocycles. The van der Waals surface area contributed by atoms with E-state index >= 15 is 0 Å².